The number of methoxy groups -OCH3 is 2. The fourth-order valence-corrected chi connectivity index (χ4v) is 3.37. The summed E-state index contributed by atoms with van der Waals surface area (Å²) in [4.78, 5) is 12.8. The molecule has 1 heterocycles. The van der Waals surface area contributed by atoms with Gasteiger partial charge < -0.3 is 20.1 Å². The number of rotatable bonds is 5. The highest BCUT2D eigenvalue weighted by atomic mass is 16.5. The Labute approximate surface area is 142 Å². The molecule has 3 rings (SSSR count). The van der Waals surface area contributed by atoms with Gasteiger partial charge in [-0.25, -0.2) is 0 Å². The number of carbonyl (C=O) groups excluding carboxylic acids is 1. The molecule has 5 nitrogen and oxygen atoms in total. The molecule has 1 fully saturated rings. The second kappa shape index (κ2) is 7.20. The summed E-state index contributed by atoms with van der Waals surface area (Å²) in [5.41, 5.74) is 0.257. The summed E-state index contributed by atoms with van der Waals surface area (Å²) in [6, 6.07) is 12.1. The molecule has 0 bridgehead atoms. The van der Waals surface area contributed by atoms with E-state index in [1.54, 1.807) is 14.2 Å². The Hall–Kier alpha value is -2.11. The Morgan fingerprint density at radius 1 is 1.17 bits per heavy atom. The molecule has 0 atom stereocenters. The van der Waals surface area contributed by atoms with Crippen molar-refractivity contribution in [3.05, 3.63) is 42.0 Å². The van der Waals surface area contributed by atoms with Gasteiger partial charge in [-0.3, -0.25) is 4.79 Å². The van der Waals surface area contributed by atoms with Crippen LogP contribution in [0, 0.1) is 0 Å². The lowest BCUT2D eigenvalue weighted by Crippen LogP contribution is -2.53. The quantitative estimate of drug-likeness (QED) is 0.884. The molecule has 24 heavy (non-hydrogen) atoms. The number of nitrogens with one attached hydrogen (secondary N) is 2. The highest BCUT2D eigenvalue weighted by Gasteiger charge is 2.39. The van der Waals surface area contributed by atoms with Gasteiger partial charge in [-0.05, 0) is 42.8 Å². The molecular weight excluding hydrogens is 304 g/mol. The summed E-state index contributed by atoms with van der Waals surface area (Å²) < 4.78 is 11.1. The molecule has 1 saturated heterocycles. The van der Waals surface area contributed by atoms with Crippen LogP contribution < -0.4 is 15.4 Å². The van der Waals surface area contributed by atoms with Crippen LogP contribution in [0.1, 0.15) is 18.4 Å². The van der Waals surface area contributed by atoms with Crippen LogP contribution in [0.25, 0.3) is 10.8 Å². The van der Waals surface area contributed by atoms with E-state index in [1.165, 1.54) is 0 Å². The van der Waals surface area contributed by atoms with E-state index in [1.807, 2.05) is 24.3 Å². The van der Waals surface area contributed by atoms with Crippen molar-refractivity contribution in [1.29, 1.82) is 0 Å². The van der Waals surface area contributed by atoms with E-state index in [4.69, 9.17) is 9.47 Å². The van der Waals surface area contributed by atoms with E-state index in [-0.39, 0.29) is 5.91 Å². The Balaban J connectivity index is 1.83. The second-order valence-electron chi connectivity index (χ2n) is 6.10. The highest BCUT2D eigenvalue weighted by molar-refractivity contribution is 5.89. The molecule has 0 spiro atoms. The summed E-state index contributed by atoms with van der Waals surface area (Å²) in [5, 5.41) is 8.54. The molecule has 1 aliphatic heterocycles. The SMILES string of the molecule is COc1ccc2ccccc2c1CNC(=O)C1(OC)CCNCC1. The van der Waals surface area contributed by atoms with Crippen LogP contribution in [0.15, 0.2) is 36.4 Å². The number of hydrogen-bond donors (Lipinski definition) is 2. The van der Waals surface area contributed by atoms with Crippen molar-refractivity contribution in [2.24, 2.45) is 0 Å². The molecule has 0 saturated carbocycles. The molecule has 2 N–H and O–H groups in total. The maximum atomic E-state index is 12.8. The fourth-order valence-electron chi connectivity index (χ4n) is 3.37. The van der Waals surface area contributed by atoms with Gasteiger partial charge in [0.15, 0.2) is 0 Å². The smallest absolute Gasteiger partial charge is 0.252 e. The van der Waals surface area contributed by atoms with Crippen molar-refractivity contribution >= 4 is 16.7 Å². The lowest BCUT2D eigenvalue weighted by Gasteiger charge is -2.34. The monoisotopic (exact) mass is 328 g/mol. The molecule has 0 unspecified atom stereocenters. The van der Waals surface area contributed by atoms with Gasteiger partial charge in [-0.2, -0.15) is 0 Å². The zero-order valence-electron chi connectivity index (χ0n) is 14.2. The minimum absolute atomic E-state index is 0.0542. The van der Waals surface area contributed by atoms with Gasteiger partial charge in [-0.15, -0.1) is 0 Å². The van der Waals surface area contributed by atoms with E-state index >= 15 is 0 Å². The first kappa shape index (κ1) is 16.7. The van der Waals surface area contributed by atoms with Gasteiger partial charge in [0.1, 0.15) is 11.4 Å². The van der Waals surface area contributed by atoms with E-state index in [9.17, 15) is 4.79 Å². The van der Waals surface area contributed by atoms with Crippen molar-refractivity contribution in [2.45, 2.75) is 25.0 Å². The zero-order chi connectivity index (χ0) is 17.0. The zero-order valence-corrected chi connectivity index (χ0v) is 14.2. The first-order chi connectivity index (χ1) is 11.7. The lowest BCUT2D eigenvalue weighted by molar-refractivity contribution is -0.146. The van der Waals surface area contributed by atoms with Crippen molar-refractivity contribution in [1.82, 2.24) is 10.6 Å². The van der Waals surface area contributed by atoms with Crippen LogP contribution in [-0.4, -0.2) is 38.8 Å². The normalized spacial score (nSPS) is 16.8. The molecular formula is C19H24N2O3. The first-order valence-electron chi connectivity index (χ1n) is 8.29. The van der Waals surface area contributed by atoms with Gasteiger partial charge >= 0.3 is 0 Å². The van der Waals surface area contributed by atoms with Gasteiger partial charge in [0.05, 0.1) is 7.11 Å². The lowest BCUT2D eigenvalue weighted by atomic mass is 9.91. The molecule has 1 aliphatic rings. The first-order valence-corrected chi connectivity index (χ1v) is 8.29. The van der Waals surface area contributed by atoms with Gasteiger partial charge in [0.2, 0.25) is 0 Å². The van der Waals surface area contributed by atoms with Crippen molar-refractivity contribution in [2.75, 3.05) is 27.3 Å². The number of benzene rings is 2. The largest absolute Gasteiger partial charge is 0.496 e. The van der Waals surface area contributed by atoms with Gasteiger partial charge in [0.25, 0.3) is 5.91 Å². The summed E-state index contributed by atoms with van der Waals surface area (Å²) in [7, 11) is 3.27. The highest BCUT2D eigenvalue weighted by Crippen LogP contribution is 2.28. The average Bonchev–Trinajstić information content (AvgIpc) is 2.66. The number of amides is 1. The van der Waals surface area contributed by atoms with E-state index in [0.29, 0.717) is 19.4 Å². The topological polar surface area (TPSA) is 59.6 Å². The van der Waals surface area contributed by atoms with Gasteiger partial charge in [0, 0.05) is 19.2 Å². The molecule has 0 aromatic heterocycles. The Bertz CT molecular complexity index is 724. The summed E-state index contributed by atoms with van der Waals surface area (Å²) in [6.07, 6.45) is 1.37. The molecule has 1 amide bonds. The number of hydrogen-bond acceptors (Lipinski definition) is 4. The molecule has 5 heteroatoms. The minimum atomic E-state index is -0.733. The molecule has 2 aromatic carbocycles. The maximum Gasteiger partial charge on any atom is 0.252 e. The van der Waals surface area contributed by atoms with Crippen LogP contribution in [0.5, 0.6) is 5.75 Å². The molecule has 2 aromatic rings. The number of carbonyl (C=O) groups is 1. The van der Waals surface area contributed by atoms with Crippen molar-refractivity contribution in [3.63, 3.8) is 0 Å². The third-order valence-electron chi connectivity index (χ3n) is 4.86. The predicted octanol–water partition coefficient (Wildman–Crippen LogP) is 2.23. The van der Waals surface area contributed by atoms with Crippen LogP contribution in [0.4, 0.5) is 0 Å². The molecule has 0 aliphatic carbocycles. The van der Waals surface area contributed by atoms with Crippen LogP contribution in [0.3, 0.4) is 0 Å². The second-order valence-corrected chi connectivity index (χ2v) is 6.10. The fraction of sp³-hybridized carbons (Fsp3) is 0.421. The van der Waals surface area contributed by atoms with Crippen LogP contribution in [-0.2, 0) is 16.1 Å². The van der Waals surface area contributed by atoms with E-state index in [2.05, 4.69) is 22.8 Å². The van der Waals surface area contributed by atoms with E-state index < -0.39 is 5.60 Å². The van der Waals surface area contributed by atoms with Gasteiger partial charge in [-0.1, -0.05) is 30.3 Å². The molecule has 128 valence electrons. The minimum Gasteiger partial charge on any atom is -0.496 e. The summed E-state index contributed by atoms with van der Waals surface area (Å²) in [5.74, 6) is 0.729. The average molecular weight is 328 g/mol. The van der Waals surface area contributed by atoms with Crippen molar-refractivity contribution in [3.8, 4) is 5.75 Å². The predicted molar refractivity (Wildman–Crippen MR) is 94.2 cm³/mol. The van der Waals surface area contributed by atoms with Crippen LogP contribution >= 0.6 is 0 Å². The summed E-state index contributed by atoms with van der Waals surface area (Å²) in [6.45, 7) is 2.00. The van der Waals surface area contributed by atoms with Crippen LogP contribution in [0.2, 0.25) is 0 Å². The van der Waals surface area contributed by atoms with E-state index in [0.717, 1.165) is 35.2 Å². The number of fused-ring (bicyclic) bond motifs is 1. The summed E-state index contributed by atoms with van der Waals surface area (Å²) >= 11 is 0. The standard InChI is InChI=1S/C19H24N2O3/c1-23-17-8-7-14-5-3-4-6-15(14)16(17)13-21-18(22)19(24-2)9-11-20-12-10-19/h3-8,20H,9-13H2,1-2H3,(H,21,22). The third-order valence-corrected chi connectivity index (χ3v) is 4.86. The number of ether oxygens (including phenoxy) is 2. The van der Waals surface area contributed by atoms with Crippen molar-refractivity contribution < 1.29 is 14.3 Å². The number of piperidine rings is 1. The Morgan fingerprint density at radius 2 is 1.92 bits per heavy atom. The Morgan fingerprint density at radius 3 is 2.62 bits per heavy atom. The maximum absolute atomic E-state index is 12.8. The third kappa shape index (κ3) is 3.09. The molecule has 0 radical (unpaired) electrons. The Kier molecular flexibility index (Phi) is 5.02.